The number of unbranched alkanes of at least 4 members (excludes halogenated alkanes) is 5. The zero-order chi connectivity index (χ0) is 16.1. The van der Waals surface area contributed by atoms with E-state index in [2.05, 4.69) is 57.9 Å². The molecule has 0 aliphatic rings. The second-order valence-electron chi connectivity index (χ2n) is 6.91. The minimum Gasteiger partial charge on any atom is -0.297 e. The summed E-state index contributed by atoms with van der Waals surface area (Å²) in [4.78, 5) is 4.78. The van der Waals surface area contributed by atoms with Gasteiger partial charge in [-0.15, -0.1) is 0 Å². The van der Waals surface area contributed by atoms with Crippen LogP contribution < -0.4 is 0 Å². The number of hydrogen-bond donors (Lipinski definition) is 0. The highest BCUT2D eigenvalue weighted by molar-refractivity contribution is 6.44. The predicted molar refractivity (Wildman–Crippen MR) is 105 cm³/mol. The van der Waals surface area contributed by atoms with Crippen molar-refractivity contribution < 1.29 is 0 Å². The van der Waals surface area contributed by atoms with Gasteiger partial charge in [0.15, 0.2) is 0 Å². The maximum absolute atomic E-state index is 2.39. The maximum Gasteiger partial charge on any atom is 0.0591 e. The lowest BCUT2D eigenvalue weighted by Crippen LogP contribution is -2.44. The molecule has 126 valence electrons. The Morgan fingerprint density at radius 2 is 1.33 bits per heavy atom. The molecule has 0 amide bonds. The first-order chi connectivity index (χ1) is 9.99. The fourth-order valence-corrected chi connectivity index (χ4v) is 6.40. The topological polar surface area (TPSA) is 6.48 Å². The Kier molecular flexibility index (Phi) is 13.8. The molecule has 0 saturated carbocycles. The molecule has 0 bridgehead atoms. The van der Waals surface area contributed by atoms with Crippen LogP contribution in [0.4, 0.5) is 0 Å². The third-order valence-corrected chi connectivity index (χ3v) is 9.40. The molecule has 0 atom stereocenters. The summed E-state index contributed by atoms with van der Waals surface area (Å²) in [6, 6.07) is 3.03. The van der Waals surface area contributed by atoms with Crippen LogP contribution in [0.5, 0.6) is 0 Å². The molecule has 0 aliphatic carbocycles. The summed E-state index contributed by atoms with van der Waals surface area (Å²) in [5.41, 5.74) is 0. The van der Waals surface area contributed by atoms with Gasteiger partial charge in [-0.05, 0) is 42.0 Å². The van der Waals surface area contributed by atoms with Crippen molar-refractivity contribution in [1.29, 1.82) is 0 Å². The molecule has 0 heterocycles. The predicted octanol–water partition coefficient (Wildman–Crippen LogP) is 2.83. The van der Waals surface area contributed by atoms with Crippen LogP contribution in [-0.2, 0) is 0 Å². The maximum atomic E-state index is 2.39. The van der Waals surface area contributed by atoms with Gasteiger partial charge in [-0.3, -0.25) is 9.80 Å². The van der Waals surface area contributed by atoms with Crippen molar-refractivity contribution in [1.82, 2.24) is 9.80 Å². The third-order valence-electron chi connectivity index (χ3n) is 4.47. The van der Waals surface area contributed by atoms with E-state index in [4.69, 9.17) is 0 Å². The molecule has 0 fully saturated rings. The Bertz CT molecular complexity index is 258. The van der Waals surface area contributed by atoms with Crippen molar-refractivity contribution in [3.05, 3.63) is 11.3 Å². The molecular weight excluding hydrogens is 288 g/mol. The average Bonchev–Trinajstić information content (AvgIpc) is 2.43. The van der Waals surface area contributed by atoms with Gasteiger partial charge in [0.2, 0.25) is 0 Å². The molecule has 21 heavy (non-hydrogen) atoms. The van der Waals surface area contributed by atoms with Crippen molar-refractivity contribution in [2.24, 2.45) is 0 Å². The van der Waals surface area contributed by atoms with Gasteiger partial charge in [-0.25, -0.2) is 0 Å². The van der Waals surface area contributed by atoms with Crippen molar-refractivity contribution in [2.45, 2.75) is 70.2 Å². The first kappa shape index (κ1) is 21.1. The molecule has 0 N–H and O–H groups in total. The fraction of sp³-hybridized carbons (Fsp3) is 0.882. The summed E-state index contributed by atoms with van der Waals surface area (Å²) < 4.78 is 0. The zero-order valence-electron chi connectivity index (χ0n) is 15.6. The van der Waals surface area contributed by atoms with Crippen molar-refractivity contribution in [3.63, 3.8) is 0 Å². The van der Waals surface area contributed by atoms with Crippen LogP contribution in [0.2, 0.25) is 12.1 Å². The summed E-state index contributed by atoms with van der Waals surface area (Å²) >= 11 is 0. The molecule has 0 aromatic carbocycles. The van der Waals surface area contributed by atoms with Crippen LogP contribution in [0.25, 0.3) is 0 Å². The molecule has 0 spiro atoms. The zero-order valence-corrected chi connectivity index (χ0v) is 18.4. The van der Waals surface area contributed by atoms with E-state index in [1.165, 1.54) is 50.6 Å². The Balaban J connectivity index is 3.36. The highest BCUT2D eigenvalue weighted by Crippen LogP contribution is 2.10. The largest absolute Gasteiger partial charge is 0.297 e. The molecule has 0 rings (SSSR count). The van der Waals surface area contributed by atoms with E-state index in [1.807, 2.05) is 0 Å². The van der Waals surface area contributed by atoms with Gasteiger partial charge in [0.05, 0.1) is 9.52 Å². The van der Waals surface area contributed by atoms with E-state index in [1.54, 1.807) is 5.20 Å². The lowest BCUT2D eigenvalue weighted by atomic mass is 10.1. The second-order valence-corrected chi connectivity index (χ2v) is 11.2. The first-order valence-electron chi connectivity index (χ1n) is 8.93. The average molecular weight is 329 g/mol. The van der Waals surface area contributed by atoms with Gasteiger partial charge in [0, 0.05) is 15.3 Å². The molecule has 0 aromatic rings. The summed E-state index contributed by atoms with van der Waals surface area (Å²) in [5.74, 6) is 0.741. The van der Waals surface area contributed by atoms with Gasteiger partial charge < -0.3 is 0 Å². The normalized spacial score (nSPS) is 14.0. The molecular formula is C17H40N2Si2. The van der Waals surface area contributed by atoms with Crippen molar-refractivity contribution in [3.8, 4) is 0 Å². The van der Waals surface area contributed by atoms with E-state index >= 15 is 0 Å². The molecule has 0 unspecified atom stereocenters. The lowest BCUT2D eigenvalue weighted by molar-refractivity contribution is 0.200. The van der Waals surface area contributed by atoms with Gasteiger partial charge in [-0.2, -0.15) is 0 Å². The number of rotatable bonds is 13. The standard InChI is InChI=1S/C17H40N2Si2/c1-7-16(2)20-14-12-10-8-9-11-13-15-21-17(18(3)4)19(5)6/h7,17H,8-15,20-21H2,1-6H3. The van der Waals surface area contributed by atoms with Gasteiger partial charge in [0.1, 0.15) is 0 Å². The minimum atomic E-state index is 0.0220. The molecule has 2 nitrogen and oxygen atoms in total. The summed E-state index contributed by atoms with van der Waals surface area (Å²) in [6.07, 6.45) is 11.1. The number of nitrogens with zero attached hydrogens (tertiary/aromatic N) is 2. The Hall–Kier alpha value is 0.0938. The number of hydrogen-bond acceptors (Lipinski definition) is 2. The van der Waals surface area contributed by atoms with E-state index in [9.17, 15) is 0 Å². The molecule has 0 aromatic heterocycles. The van der Waals surface area contributed by atoms with Crippen LogP contribution in [-0.4, -0.2) is 62.8 Å². The smallest absolute Gasteiger partial charge is 0.0591 e. The third kappa shape index (κ3) is 12.3. The van der Waals surface area contributed by atoms with E-state index < -0.39 is 0 Å². The van der Waals surface area contributed by atoms with Gasteiger partial charge in [-0.1, -0.05) is 61.9 Å². The Labute approximate surface area is 139 Å². The van der Waals surface area contributed by atoms with Gasteiger partial charge >= 0.3 is 0 Å². The highest BCUT2D eigenvalue weighted by Gasteiger charge is 2.12. The van der Waals surface area contributed by atoms with Crippen LogP contribution in [0, 0.1) is 0 Å². The Morgan fingerprint density at radius 3 is 1.81 bits per heavy atom. The molecule has 0 radical (unpaired) electrons. The van der Waals surface area contributed by atoms with Crippen LogP contribution in [0.3, 0.4) is 0 Å². The first-order valence-corrected chi connectivity index (χ1v) is 12.5. The summed E-state index contributed by atoms with van der Waals surface area (Å²) in [7, 11) is 9.02. The van der Waals surface area contributed by atoms with Crippen molar-refractivity contribution >= 4 is 19.0 Å². The lowest BCUT2D eigenvalue weighted by Gasteiger charge is -2.30. The monoisotopic (exact) mass is 328 g/mol. The summed E-state index contributed by atoms with van der Waals surface area (Å²) in [5, 5.41) is 1.69. The minimum absolute atomic E-state index is 0.0220. The fourth-order valence-electron chi connectivity index (χ4n) is 2.91. The van der Waals surface area contributed by atoms with E-state index in [0.717, 1.165) is 5.79 Å². The van der Waals surface area contributed by atoms with Crippen LogP contribution in [0.15, 0.2) is 11.3 Å². The highest BCUT2D eigenvalue weighted by atomic mass is 28.2. The molecule has 0 saturated heterocycles. The molecule has 4 heteroatoms. The SMILES string of the molecule is CC=C(C)[SiH2]CCCCCCCC[SiH2]C(N(C)C)N(C)C. The van der Waals surface area contributed by atoms with Gasteiger partial charge in [0.25, 0.3) is 0 Å². The van der Waals surface area contributed by atoms with Crippen molar-refractivity contribution in [2.75, 3.05) is 28.2 Å². The van der Waals surface area contributed by atoms with E-state index in [0.29, 0.717) is 0 Å². The Morgan fingerprint density at radius 1 is 0.857 bits per heavy atom. The van der Waals surface area contributed by atoms with E-state index in [-0.39, 0.29) is 19.0 Å². The molecule has 0 aliphatic heterocycles. The summed E-state index contributed by atoms with van der Waals surface area (Å²) in [6.45, 7) is 4.49. The quantitative estimate of drug-likeness (QED) is 0.291. The van der Waals surface area contributed by atoms with Crippen LogP contribution >= 0.6 is 0 Å². The van der Waals surface area contributed by atoms with Crippen LogP contribution in [0.1, 0.15) is 52.4 Å². The number of allylic oxidation sites excluding steroid dienone is 2. The second kappa shape index (κ2) is 13.7.